The molecule has 1 amide bonds. The van der Waals surface area contributed by atoms with Gasteiger partial charge in [0.1, 0.15) is 5.75 Å². The van der Waals surface area contributed by atoms with Crippen molar-refractivity contribution in [3.05, 3.63) is 54.4 Å². The third-order valence-corrected chi connectivity index (χ3v) is 4.42. The number of rotatable bonds is 7. The molecule has 8 heteroatoms. The molecule has 0 fully saturated rings. The third-order valence-electron chi connectivity index (χ3n) is 3.00. The van der Waals surface area contributed by atoms with Crippen molar-refractivity contribution in [2.24, 2.45) is 0 Å². The van der Waals surface area contributed by atoms with Crippen LogP contribution in [0.15, 0.2) is 53.7 Å². The molecule has 0 aliphatic heterocycles. The van der Waals surface area contributed by atoms with Crippen LogP contribution in [0.5, 0.6) is 5.75 Å². The van der Waals surface area contributed by atoms with Crippen LogP contribution >= 0.6 is 0 Å². The summed E-state index contributed by atoms with van der Waals surface area (Å²) in [5.74, 6) is 0.129. The normalized spacial score (nSPS) is 11.0. The van der Waals surface area contributed by atoms with Crippen molar-refractivity contribution in [1.82, 2.24) is 15.0 Å². The smallest absolute Gasteiger partial charge is 0.241 e. The maximum atomic E-state index is 12.1. The van der Waals surface area contributed by atoms with Gasteiger partial charge in [0, 0.05) is 18.9 Å². The van der Waals surface area contributed by atoms with Crippen molar-refractivity contribution in [3.63, 3.8) is 0 Å². The van der Waals surface area contributed by atoms with Crippen LogP contribution in [0.1, 0.15) is 5.56 Å². The number of hydrogen-bond acceptors (Lipinski definition) is 5. The lowest BCUT2D eigenvalue weighted by atomic mass is 10.3. The lowest BCUT2D eigenvalue weighted by Gasteiger charge is -2.08. The first-order valence-corrected chi connectivity index (χ1v) is 8.29. The number of sulfonamides is 1. The zero-order chi connectivity index (χ0) is 16.7. The summed E-state index contributed by atoms with van der Waals surface area (Å²) in [6.07, 6.45) is 3.26. The van der Waals surface area contributed by atoms with Gasteiger partial charge in [-0.25, -0.2) is 13.1 Å². The molecule has 0 aliphatic carbocycles. The summed E-state index contributed by atoms with van der Waals surface area (Å²) < 4.78 is 31.4. The van der Waals surface area contributed by atoms with Crippen LogP contribution in [0, 0.1) is 0 Å². The number of carbonyl (C=O) groups excluding carboxylic acids is 1. The predicted molar refractivity (Wildman–Crippen MR) is 84.3 cm³/mol. The average Bonchev–Trinajstić information content (AvgIpc) is 2.59. The maximum Gasteiger partial charge on any atom is 0.241 e. The Bertz CT molecular complexity index is 746. The van der Waals surface area contributed by atoms with E-state index < -0.39 is 15.9 Å². The lowest BCUT2D eigenvalue weighted by Crippen LogP contribution is -2.36. The van der Waals surface area contributed by atoms with E-state index >= 15 is 0 Å². The molecular formula is C15H17N3O4S. The Morgan fingerprint density at radius 3 is 2.57 bits per heavy atom. The second-order valence-corrected chi connectivity index (χ2v) is 6.41. The molecule has 2 N–H and O–H groups in total. The van der Waals surface area contributed by atoms with E-state index in [4.69, 9.17) is 4.74 Å². The number of carbonyl (C=O) groups is 1. The molecule has 0 saturated heterocycles. The zero-order valence-electron chi connectivity index (χ0n) is 12.5. The van der Waals surface area contributed by atoms with Gasteiger partial charge in [0.25, 0.3) is 0 Å². The molecular weight excluding hydrogens is 318 g/mol. The topological polar surface area (TPSA) is 97.4 Å². The maximum absolute atomic E-state index is 12.1. The summed E-state index contributed by atoms with van der Waals surface area (Å²) in [4.78, 5) is 15.7. The Hall–Kier alpha value is -2.45. The Kier molecular flexibility index (Phi) is 5.67. The highest BCUT2D eigenvalue weighted by molar-refractivity contribution is 7.89. The highest BCUT2D eigenvalue weighted by Gasteiger charge is 2.15. The summed E-state index contributed by atoms with van der Waals surface area (Å²) in [5, 5.41) is 2.62. The molecule has 23 heavy (non-hydrogen) atoms. The number of benzene rings is 1. The number of pyridine rings is 1. The van der Waals surface area contributed by atoms with E-state index in [2.05, 4.69) is 15.0 Å². The quantitative estimate of drug-likeness (QED) is 0.776. The fourth-order valence-electron chi connectivity index (χ4n) is 1.76. The zero-order valence-corrected chi connectivity index (χ0v) is 13.3. The molecule has 2 aromatic rings. The van der Waals surface area contributed by atoms with E-state index in [0.717, 1.165) is 5.56 Å². The summed E-state index contributed by atoms with van der Waals surface area (Å²) in [6.45, 7) is -0.0500. The number of amides is 1. The molecule has 1 heterocycles. The first-order valence-electron chi connectivity index (χ1n) is 6.80. The van der Waals surface area contributed by atoms with Crippen LogP contribution in [-0.2, 0) is 21.4 Å². The molecule has 0 spiro atoms. The minimum Gasteiger partial charge on any atom is -0.497 e. The molecule has 1 aromatic carbocycles. The Balaban J connectivity index is 1.87. The van der Waals surface area contributed by atoms with Gasteiger partial charge in [-0.1, -0.05) is 6.07 Å². The Labute approximate surface area is 134 Å². The molecule has 0 bridgehead atoms. The van der Waals surface area contributed by atoms with Gasteiger partial charge >= 0.3 is 0 Å². The lowest BCUT2D eigenvalue weighted by molar-refractivity contribution is -0.120. The van der Waals surface area contributed by atoms with E-state index in [0.29, 0.717) is 5.75 Å². The van der Waals surface area contributed by atoms with Gasteiger partial charge in [-0.3, -0.25) is 9.78 Å². The van der Waals surface area contributed by atoms with Crippen molar-refractivity contribution in [2.75, 3.05) is 13.7 Å². The third kappa shape index (κ3) is 5.04. The predicted octanol–water partition coefficient (Wildman–Crippen LogP) is 0.685. The van der Waals surface area contributed by atoms with Crippen LogP contribution in [0.2, 0.25) is 0 Å². The largest absolute Gasteiger partial charge is 0.497 e. The van der Waals surface area contributed by atoms with Crippen molar-refractivity contribution < 1.29 is 17.9 Å². The monoisotopic (exact) mass is 335 g/mol. The first-order chi connectivity index (χ1) is 11.0. The summed E-state index contributed by atoms with van der Waals surface area (Å²) in [6, 6.07) is 9.47. The van der Waals surface area contributed by atoms with Crippen LogP contribution < -0.4 is 14.8 Å². The number of hydrogen-bond donors (Lipinski definition) is 2. The number of nitrogens with zero attached hydrogens (tertiary/aromatic N) is 1. The average molecular weight is 335 g/mol. The van der Waals surface area contributed by atoms with Gasteiger partial charge in [0.05, 0.1) is 18.6 Å². The van der Waals surface area contributed by atoms with Gasteiger partial charge in [-0.15, -0.1) is 0 Å². The van der Waals surface area contributed by atoms with Crippen molar-refractivity contribution in [2.45, 2.75) is 11.4 Å². The molecule has 0 radical (unpaired) electrons. The minimum absolute atomic E-state index is 0.0679. The minimum atomic E-state index is -3.74. The van der Waals surface area contributed by atoms with Crippen molar-refractivity contribution in [3.8, 4) is 5.75 Å². The first kappa shape index (κ1) is 16.9. The molecule has 7 nitrogen and oxygen atoms in total. The standard InChI is InChI=1S/C15H17N3O4S/c1-22-13-4-6-14(7-5-13)23(20,21)18-11-15(19)17-10-12-3-2-8-16-9-12/h2-9,18H,10-11H2,1H3,(H,17,19). The van der Waals surface area contributed by atoms with Crippen LogP contribution in [0.4, 0.5) is 0 Å². The van der Waals surface area contributed by atoms with Crippen LogP contribution in [-0.4, -0.2) is 33.0 Å². The fraction of sp³-hybridized carbons (Fsp3) is 0.200. The summed E-state index contributed by atoms with van der Waals surface area (Å²) in [5.41, 5.74) is 0.832. The van der Waals surface area contributed by atoms with Gasteiger partial charge in [0.15, 0.2) is 0 Å². The Morgan fingerprint density at radius 1 is 1.22 bits per heavy atom. The second-order valence-electron chi connectivity index (χ2n) is 4.64. The molecule has 122 valence electrons. The van der Waals surface area contributed by atoms with Gasteiger partial charge in [-0.05, 0) is 35.9 Å². The summed E-state index contributed by atoms with van der Waals surface area (Å²) >= 11 is 0. The van der Waals surface area contributed by atoms with E-state index in [1.807, 2.05) is 6.07 Å². The van der Waals surface area contributed by atoms with Gasteiger partial charge in [-0.2, -0.15) is 0 Å². The highest BCUT2D eigenvalue weighted by atomic mass is 32.2. The number of ether oxygens (including phenoxy) is 1. The Morgan fingerprint density at radius 2 is 1.96 bits per heavy atom. The van der Waals surface area contributed by atoms with Gasteiger partial charge in [0.2, 0.25) is 15.9 Å². The highest BCUT2D eigenvalue weighted by Crippen LogP contribution is 2.14. The van der Waals surface area contributed by atoms with Gasteiger partial charge < -0.3 is 10.1 Å². The number of nitrogens with one attached hydrogen (secondary N) is 2. The molecule has 0 unspecified atom stereocenters. The van der Waals surface area contributed by atoms with E-state index in [-0.39, 0.29) is 18.0 Å². The molecule has 0 saturated carbocycles. The van der Waals surface area contributed by atoms with Crippen molar-refractivity contribution in [1.29, 1.82) is 0 Å². The molecule has 0 atom stereocenters. The molecule has 1 aromatic heterocycles. The summed E-state index contributed by atoms with van der Waals surface area (Å²) in [7, 11) is -2.25. The molecule has 2 rings (SSSR count). The fourth-order valence-corrected chi connectivity index (χ4v) is 2.75. The SMILES string of the molecule is COc1ccc(S(=O)(=O)NCC(=O)NCc2cccnc2)cc1. The van der Waals surface area contributed by atoms with Crippen LogP contribution in [0.25, 0.3) is 0 Å². The van der Waals surface area contributed by atoms with E-state index in [9.17, 15) is 13.2 Å². The van der Waals surface area contributed by atoms with Crippen LogP contribution in [0.3, 0.4) is 0 Å². The van der Waals surface area contributed by atoms with E-state index in [1.54, 1.807) is 18.5 Å². The van der Waals surface area contributed by atoms with Crippen molar-refractivity contribution >= 4 is 15.9 Å². The van der Waals surface area contributed by atoms with E-state index in [1.165, 1.54) is 31.4 Å². The second kappa shape index (κ2) is 7.70. The molecule has 0 aliphatic rings. The number of aromatic nitrogens is 1. The number of methoxy groups -OCH3 is 1.